The highest BCUT2D eigenvalue weighted by molar-refractivity contribution is 5.68. The molecular weight excluding hydrogens is 266 g/mol. The average Bonchev–Trinajstić information content (AvgIpc) is 2.35. The molecule has 0 aliphatic carbocycles. The number of benzene rings is 1. The highest BCUT2D eigenvalue weighted by Gasteiger charge is 2.26. The first-order valence-corrected chi connectivity index (χ1v) is 6.56. The molecule has 0 radical (unpaired) electrons. The fourth-order valence-corrected chi connectivity index (χ4v) is 2.52. The second-order valence-electron chi connectivity index (χ2n) is 5.16. The molecule has 1 heterocycles. The number of rotatable bonds is 4. The molecule has 6 heteroatoms. The zero-order valence-corrected chi connectivity index (χ0v) is 11.4. The van der Waals surface area contributed by atoms with Gasteiger partial charge in [-0.15, -0.1) is 0 Å². The molecule has 110 valence electrons. The highest BCUT2D eigenvalue weighted by atomic mass is 19.1. The topological polar surface area (TPSA) is 43.8 Å². The van der Waals surface area contributed by atoms with E-state index >= 15 is 0 Å². The van der Waals surface area contributed by atoms with Gasteiger partial charge in [-0.1, -0.05) is 0 Å². The minimum absolute atomic E-state index is 0.160. The van der Waals surface area contributed by atoms with Gasteiger partial charge in [0.2, 0.25) is 0 Å². The van der Waals surface area contributed by atoms with Crippen molar-refractivity contribution in [2.24, 2.45) is 0 Å². The van der Waals surface area contributed by atoms with E-state index in [2.05, 4.69) is 4.90 Å². The quantitative estimate of drug-likeness (QED) is 0.914. The van der Waals surface area contributed by atoms with Crippen LogP contribution in [0.1, 0.15) is 18.0 Å². The third-order valence-electron chi connectivity index (χ3n) is 3.62. The van der Waals surface area contributed by atoms with Gasteiger partial charge in [0, 0.05) is 38.3 Å². The lowest BCUT2D eigenvalue weighted by molar-refractivity contribution is -0.138. The number of carboxylic acids is 1. The van der Waals surface area contributed by atoms with Crippen LogP contribution < -0.4 is 0 Å². The predicted molar refractivity (Wildman–Crippen MR) is 70.4 cm³/mol. The number of halogens is 2. The smallest absolute Gasteiger partial charge is 0.305 e. The molecule has 1 aliphatic heterocycles. The normalized spacial score (nSPS) is 18.9. The van der Waals surface area contributed by atoms with Crippen molar-refractivity contribution in [3.05, 3.63) is 35.4 Å². The summed E-state index contributed by atoms with van der Waals surface area (Å²) in [5, 5.41) is 9.04. The highest BCUT2D eigenvalue weighted by Crippen LogP contribution is 2.27. The number of hydrogen-bond acceptors (Lipinski definition) is 3. The van der Waals surface area contributed by atoms with Crippen molar-refractivity contribution in [2.75, 3.05) is 33.2 Å². The maximum atomic E-state index is 13.3. The lowest BCUT2D eigenvalue weighted by Crippen LogP contribution is -2.46. The maximum Gasteiger partial charge on any atom is 0.305 e. The Labute approximate surface area is 116 Å². The number of carbonyl (C=O) groups is 1. The summed E-state index contributed by atoms with van der Waals surface area (Å²) in [5.41, 5.74) is 0.384. The fraction of sp³-hybridized carbons (Fsp3) is 0.500. The van der Waals surface area contributed by atoms with E-state index in [9.17, 15) is 13.6 Å². The van der Waals surface area contributed by atoms with Crippen molar-refractivity contribution < 1.29 is 18.7 Å². The van der Waals surface area contributed by atoms with Gasteiger partial charge in [0.1, 0.15) is 11.6 Å². The third kappa shape index (κ3) is 3.74. The van der Waals surface area contributed by atoms with E-state index in [1.807, 2.05) is 11.9 Å². The average molecular weight is 284 g/mol. The monoisotopic (exact) mass is 284 g/mol. The molecule has 0 spiro atoms. The van der Waals surface area contributed by atoms with Gasteiger partial charge in [0.15, 0.2) is 0 Å². The van der Waals surface area contributed by atoms with Crippen LogP contribution in [0.4, 0.5) is 8.78 Å². The summed E-state index contributed by atoms with van der Waals surface area (Å²) in [5.74, 6) is -2.33. The molecule has 0 aromatic heterocycles. The van der Waals surface area contributed by atoms with E-state index < -0.39 is 23.6 Å². The number of likely N-dealkylation sites (N-methyl/N-ethyl adjacent to an activating group) is 1. The molecule has 1 N–H and O–H groups in total. The van der Waals surface area contributed by atoms with Gasteiger partial charge in [0.05, 0.1) is 6.42 Å². The van der Waals surface area contributed by atoms with Crippen molar-refractivity contribution in [1.82, 2.24) is 9.80 Å². The molecule has 1 aromatic rings. The summed E-state index contributed by atoms with van der Waals surface area (Å²) in [7, 11) is 1.99. The van der Waals surface area contributed by atoms with E-state index in [-0.39, 0.29) is 6.42 Å². The van der Waals surface area contributed by atoms with Gasteiger partial charge >= 0.3 is 5.97 Å². The molecule has 2 rings (SSSR count). The Hall–Kier alpha value is -1.53. The Morgan fingerprint density at radius 2 is 1.75 bits per heavy atom. The number of piperazine rings is 1. The second kappa shape index (κ2) is 6.28. The standard InChI is InChI=1S/C14H18F2N2O2/c1-17-2-4-18(5-3-17)13(9-14(19)20)10-6-11(15)8-12(16)7-10/h6-8,13H,2-5,9H2,1H3,(H,19,20). The summed E-state index contributed by atoms with van der Waals surface area (Å²) < 4.78 is 26.7. The minimum atomic E-state index is -0.974. The van der Waals surface area contributed by atoms with Gasteiger partial charge < -0.3 is 10.0 Å². The van der Waals surface area contributed by atoms with Crippen molar-refractivity contribution in [3.63, 3.8) is 0 Å². The van der Waals surface area contributed by atoms with Gasteiger partial charge in [-0.05, 0) is 24.7 Å². The van der Waals surface area contributed by atoms with Crippen LogP contribution in [0.5, 0.6) is 0 Å². The number of carboxylic acid groups (broad SMARTS) is 1. The number of aliphatic carboxylic acids is 1. The van der Waals surface area contributed by atoms with E-state index in [0.29, 0.717) is 18.7 Å². The number of hydrogen-bond donors (Lipinski definition) is 1. The first kappa shape index (κ1) is 14.9. The summed E-state index contributed by atoms with van der Waals surface area (Å²) in [6, 6.07) is 2.74. The molecular formula is C14H18F2N2O2. The van der Waals surface area contributed by atoms with Gasteiger partial charge in [-0.25, -0.2) is 8.78 Å². The molecule has 1 atom stereocenters. The van der Waals surface area contributed by atoms with Crippen LogP contribution in [0.2, 0.25) is 0 Å². The molecule has 4 nitrogen and oxygen atoms in total. The van der Waals surface area contributed by atoms with Gasteiger partial charge in [-0.2, -0.15) is 0 Å². The molecule has 1 unspecified atom stereocenters. The number of nitrogens with zero attached hydrogens (tertiary/aromatic N) is 2. The molecule has 20 heavy (non-hydrogen) atoms. The maximum absolute atomic E-state index is 13.3. The van der Waals surface area contributed by atoms with Crippen molar-refractivity contribution in [2.45, 2.75) is 12.5 Å². The summed E-state index contributed by atoms with van der Waals surface area (Å²) in [4.78, 5) is 15.1. The van der Waals surface area contributed by atoms with Crippen molar-refractivity contribution in [1.29, 1.82) is 0 Å². The van der Waals surface area contributed by atoms with Crippen LogP contribution in [-0.4, -0.2) is 54.1 Å². The molecule has 1 aliphatic rings. The lowest BCUT2D eigenvalue weighted by Gasteiger charge is -2.37. The molecule has 1 aromatic carbocycles. The summed E-state index contributed by atoms with van der Waals surface area (Å²) in [6.07, 6.45) is -0.160. The van der Waals surface area contributed by atoms with Crippen molar-refractivity contribution in [3.8, 4) is 0 Å². The third-order valence-corrected chi connectivity index (χ3v) is 3.62. The summed E-state index contributed by atoms with van der Waals surface area (Å²) >= 11 is 0. The van der Waals surface area contributed by atoms with Gasteiger partial charge in [-0.3, -0.25) is 9.69 Å². The van der Waals surface area contributed by atoms with E-state index in [4.69, 9.17) is 5.11 Å². The Kier molecular flexibility index (Phi) is 4.67. The Morgan fingerprint density at radius 1 is 1.20 bits per heavy atom. The minimum Gasteiger partial charge on any atom is -0.481 e. The van der Waals surface area contributed by atoms with Crippen LogP contribution in [0.25, 0.3) is 0 Å². The van der Waals surface area contributed by atoms with Crippen molar-refractivity contribution >= 4 is 5.97 Å². The molecule has 1 fully saturated rings. The van der Waals surface area contributed by atoms with Crippen LogP contribution in [0.15, 0.2) is 18.2 Å². The fourth-order valence-electron chi connectivity index (χ4n) is 2.52. The molecule has 0 bridgehead atoms. The van der Waals surface area contributed by atoms with Crippen LogP contribution in [-0.2, 0) is 4.79 Å². The molecule has 0 amide bonds. The van der Waals surface area contributed by atoms with Crippen LogP contribution in [0.3, 0.4) is 0 Å². The van der Waals surface area contributed by atoms with E-state index in [1.54, 1.807) is 0 Å². The molecule has 1 saturated heterocycles. The van der Waals surface area contributed by atoms with E-state index in [0.717, 1.165) is 19.2 Å². The van der Waals surface area contributed by atoms with Gasteiger partial charge in [0.25, 0.3) is 0 Å². The molecule has 0 saturated carbocycles. The zero-order valence-electron chi connectivity index (χ0n) is 11.4. The Balaban J connectivity index is 2.24. The lowest BCUT2D eigenvalue weighted by atomic mass is 10.0. The SMILES string of the molecule is CN1CCN(C(CC(=O)O)c2cc(F)cc(F)c2)CC1. The Bertz CT molecular complexity index is 468. The summed E-state index contributed by atoms with van der Waals surface area (Å²) in [6.45, 7) is 3.00. The van der Waals surface area contributed by atoms with Crippen LogP contribution in [0, 0.1) is 11.6 Å². The first-order chi connectivity index (χ1) is 9.45. The zero-order chi connectivity index (χ0) is 14.7. The first-order valence-electron chi connectivity index (χ1n) is 6.56. The largest absolute Gasteiger partial charge is 0.481 e. The second-order valence-corrected chi connectivity index (χ2v) is 5.16. The van der Waals surface area contributed by atoms with Crippen LogP contribution >= 0.6 is 0 Å². The Morgan fingerprint density at radius 3 is 2.25 bits per heavy atom. The predicted octanol–water partition coefficient (Wildman–Crippen LogP) is 1.73. The van der Waals surface area contributed by atoms with E-state index in [1.165, 1.54) is 12.1 Å².